The molecule has 1 aliphatic heterocycles. The van der Waals surface area contributed by atoms with E-state index >= 15 is 0 Å². The van der Waals surface area contributed by atoms with Gasteiger partial charge in [0.05, 0.1) is 23.3 Å². The molecule has 3 aromatic rings. The number of hydrogen-bond donors (Lipinski definition) is 1. The summed E-state index contributed by atoms with van der Waals surface area (Å²) in [5.41, 5.74) is 1.67. The maximum Gasteiger partial charge on any atom is 0.434 e. The number of carbonyl (C=O) groups excluding carboxylic acids is 5. The lowest BCUT2D eigenvalue weighted by molar-refractivity contribution is -0.161. The van der Waals surface area contributed by atoms with Crippen molar-refractivity contribution in [2.45, 2.75) is 112 Å². The summed E-state index contributed by atoms with van der Waals surface area (Å²) in [6.45, 7) is 14.8. The number of aryl methyl sites for hydroxylation is 2. The number of Topliss-reactive ketones (excluding diaryl/α,β-unsaturated/α-hetero) is 1. The fourth-order valence-electron chi connectivity index (χ4n) is 6.16. The van der Waals surface area contributed by atoms with E-state index in [0.29, 0.717) is 47.2 Å². The molecule has 0 fully saturated rings. The predicted molar refractivity (Wildman–Crippen MR) is 208 cm³/mol. The van der Waals surface area contributed by atoms with Crippen molar-refractivity contribution < 1.29 is 52.8 Å². The van der Waals surface area contributed by atoms with Crippen molar-refractivity contribution in [2.24, 2.45) is 4.99 Å². The number of esters is 2. The first kappa shape index (κ1) is 42.9. The van der Waals surface area contributed by atoms with Gasteiger partial charge in [0.2, 0.25) is 0 Å². The van der Waals surface area contributed by atoms with Gasteiger partial charge in [0.25, 0.3) is 5.91 Å². The molecule has 0 spiro atoms. The molecule has 1 heterocycles. The smallest absolute Gasteiger partial charge is 0.434 e. The van der Waals surface area contributed by atoms with E-state index in [1.165, 1.54) is 42.2 Å². The number of benzene rings is 3. The van der Waals surface area contributed by atoms with Gasteiger partial charge >= 0.3 is 24.0 Å². The van der Waals surface area contributed by atoms with Gasteiger partial charge in [-0.05, 0) is 128 Å². The molecular weight excluding hydrogens is 720 g/mol. The van der Waals surface area contributed by atoms with Gasteiger partial charge in [0, 0.05) is 25.1 Å². The highest BCUT2D eigenvalue weighted by Gasteiger charge is 2.37. The maximum absolute atomic E-state index is 14.7. The Hall–Kier alpha value is -5.85. The van der Waals surface area contributed by atoms with E-state index in [9.17, 15) is 33.9 Å². The SMILES string of the molecule is CC(=O)C[C@@H](C(=O)OC(C)(C)C)N(Cc1cc(C)cc(C(=O)O)c1)C(=O)c1cccc2c1OCCCc1cc(CC(C)=NC(=O)OC(C)(C)C)ccc1C(=O)O2. The Kier molecular flexibility index (Phi) is 13.6. The molecule has 0 saturated heterocycles. The third-order valence-corrected chi connectivity index (χ3v) is 8.31. The first-order valence-corrected chi connectivity index (χ1v) is 18.3. The van der Waals surface area contributed by atoms with Crippen LogP contribution in [-0.2, 0) is 38.4 Å². The van der Waals surface area contributed by atoms with Crippen molar-refractivity contribution in [2.75, 3.05) is 6.61 Å². The van der Waals surface area contributed by atoms with Crippen molar-refractivity contribution in [3.8, 4) is 11.5 Å². The number of ether oxygens (including phenoxy) is 4. The number of rotatable bonds is 10. The average Bonchev–Trinajstić information content (AvgIpc) is 3.06. The van der Waals surface area contributed by atoms with Crippen molar-refractivity contribution >= 4 is 41.4 Å². The van der Waals surface area contributed by atoms with Gasteiger partial charge in [-0.1, -0.05) is 24.3 Å². The lowest BCUT2D eigenvalue weighted by Crippen LogP contribution is -2.48. The van der Waals surface area contributed by atoms with Crippen molar-refractivity contribution in [1.82, 2.24) is 4.90 Å². The predicted octanol–water partition coefficient (Wildman–Crippen LogP) is 7.51. The summed E-state index contributed by atoms with van der Waals surface area (Å²) in [6.07, 6.45) is 0.130. The summed E-state index contributed by atoms with van der Waals surface area (Å²) < 4.78 is 23.0. The van der Waals surface area contributed by atoms with Gasteiger partial charge in [0.1, 0.15) is 23.0 Å². The molecule has 0 aliphatic carbocycles. The molecule has 4 rings (SSSR count). The number of carbonyl (C=O) groups is 6. The van der Waals surface area contributed by atoms with Crippen LogP contribution in [0.15, 0.2) is 59.6 Å². The molecule has 13 heteroatoms. The van der Waals surface area contributed by atoms with E-state index < -0.39 is 47.2 Å². The third-order valence-electron chi connectivity index (χ3n) is 8.31. The van der Waals surface area contributed by atoms with Crippen LogP contribution in [0.1, 0.15) is 122 Å². The fraction of sp³-hybridized carbons (Fsp3) is 0.419. The number of carboxylic acid groups (broad SMARTS) is 1. The zero-order valence-electron chi connectivity index (χ0n) is 33.4. The highest BCUT2D eigenvalue weighted by atomic mass is 16.6. The summed E-state index contributed by atoms with van der Waals surface area (Å²) in [5.74, 6) is -3.89. The molecule has 1 atom stereocenters. The molecule has 13 nitrogen and oxygen atoms in total. The molecule has 2 amide bonds. The van der Waals surface area contributed by atoms with Crippen LogP contribution in [0.4, 0.5) is 4.79 Å². The zero-order chi connectivity index (χ0) is 41.5. The van der Waals surface area contributed by atoms with Crippen LogP contribution in [-0.4, -0.2) is 75.3 Å². The van der Waals surface area contributed by atoms with Gasteiger partial charge in [0.15, 0.2) is 11.5 Å². The molecule has 56 heavy (non-hydrogen) atoms. The van der Waals surface area contributed by atoms with Gasteiger partial charge in [-0.15, -0.1) is 0 Å². The second kappa shape index (κ2) is 17.7. The quantitative estimate of drug-likeness (QED) is 0.123. The van der Waals surface area contributed by atoms with Crippen LogP contribution >= 0.6 is 0 Å². The Balaban J connectivity index is 1.73. The fourth-order valence-corrected chi connectivity index (χ4v) is 6.16. The van der Waals surface area contributed by atoms with E-state index in [4.69, 9.17) is 18.9 Å². The van der Waals surface area contributed by atoms with E-state index in [1.54, 1.807) is 73.6 Å². The number of aliphatic imine (C=N–C) groups is 1. The second-order valence-electron chi connectivity index (χ2n) is 15.9. The molecular formula is C43H50N2O11. The molecule has 0 saturated carbocycles. The lowest BCUT2D eigenvalue weighted by Gasteiger charge is -2.33. The number of ketones is 1. The molecule has 1 N–H and O–H groups in total. The number of amides is 2. The number of carboxylic acids is 1. The van der Waals surface area contributed by atoms with Crippen molar-refractivity contribution in [3.05, 3.63) is 93.5 Å². The topological polar surface area (TPSA) is 175 Å². The van der Waals surface area contributed by atoms with Crippen molar-refractivity contribution in [3.63, 3.8) is 0 Å². The number of nitrogens with zero attached hydrogens (tertiary/aromatic N) is 2. The van der Waals surface area contributed by atoms with E-state index in [2.05, 4.69) is 4.99 Å². The minimum Gasteiger partial charge on any atom is -0.489 e. The van der Waals surface area contributed by atoms with Crippen LogP contribution in [0.2, 0.25) is 0 Å². The summed E-state index contributed by atoms with van der Waals surface area (Å²) in [5, 5.41) is 9.74. The second-order valence-corrected chi connectivity index (χ2v) is 15.9. The Morgan fingerprint density at radius 2 is 1.61 bits per heavy atom. The first-order chi connectivity index (χ1) is 26.1. The Morgan fingerprint density at radius 3 is 2.25 bits per heavy atom. The highest BCUT2D eigenvalue weighted by Crippen LogP contribution is 2.35. The minimum absolute atomic E-state index is 0.0170. The van der Waals surface area contributed by atoms with E-state index in [0.717, 1.165) is 5.56 Å². The molecule has 0 unspecified atom stereocenters. The summed E-state index contributed by atoms with van der Waals surface area (Å²) in [4.78, 5) is 84.1. The van der Waals surface area contributed by atoms with E-state index in [-0.39, 0.29) is 48.0 Å². The third kappa shape index (κ3) is 12.1. The van der Waals surface area contributed by atoms with Crippen molar-refractivity contribution in [1.29, 1.82) is 0 Å². The lowest BCUT2D eigenvalue weighted by atomic mass is 9.97. The number of aromatic carboxylic acids is 1. The van der Waals surface area contributed by atoms with E-state index in [1.807, 2.05) is 6.07 Å². The monoisotopic (exact) mass is 770 g/mol. The molecule has 0 aromatic heterocycles. The molecule has 298 valence electrons. The van der Waals surface area contributed by atoms with Crippen LogP contribution < -0.4 is 9.47 Å². The molecule has 0 bridgehead atoms. The minimum atomic E-state index is -1.40. The zero-order valence-corrected chi connectivity index (χ0v) is 33.4. The van der Waals surface area contributed by atoms with Crippen LogP contribution in [0.25, 0.3) is 0 Å². The number of fused-ring (bicyclic) bond motifs is 2. The Morgan fingerprint density at radius 1 is 0.911 bits per heavy atom. The van der Waals surface area contributed by atoms with Gasteiger partial charge in [-0.2, -0.15) is 4.99 Å². The Bertz CT molecular complexity index is 2050. The van der Waals surface area contributed by atoms with Crippen LogP contribution in [0, 0.1) is 6.92 Å². The first-order valence-electron chi connectivity index (χ1n) is 18.3. The number of para-hydroxylation sites is 1. The standard InChI is InChI=1S/C43H50N2O11/c1-25-18-29(23-31(19-25)38(48)49)24-45(34(21-27(3)46)40(51)55-42(4,5)6)37(47)33-13-10-14-35-36(33)53-17-11-12-30-22-28(15-16-32(30)39(50)54-35)20-26(2)44-41(52)56-43(7,8)9/h10,13-16,18-19,22-23,34H,11-12,17,20-21,24H2,1-9H3,(H,48,49)/t34-/m0/s1. The van der Waals surface area contributed by atoms with Gasteiger partial charge in [-0.3, -0.25) is 9.59 Å². The van der Waals surface area contributed by atoms with Crippen LogP contribution in [0.5, 0.6) is 11.5 Å². The molecule has 0 radical (unpaired) electrons. The van der Waals surface area contributed by atoms with Gasteiger partial charge in [-0.25, -0.2) is 19.2 Å². The summed E-state index contributed by atoms with van der Waals surface area (Å²) in [6, 6.07) is 12.9. The summed E-state index contributed by atoms with van der Waals surface area (Å²) >= 11 is 0. The Labute approximate surface area is 327 Å². The number of hydrogen-bond acceptors (Lipinski definition) is 10. The van der Waals surface area contributed by atoms with Crippen LogP contribution in [0.3, 0.4) is 0 Å². The normalized spacial score (nSPS) is 13.9. The largest absolute Gasteiger partial charge is 0.489 e. The molecule has 1 aliphatic rings. The highest BCUT2D eigenvalue weighted by molar-refractivity contribution is 6.02. The van der Waals surface area contributed by atoms with Gasteiger partial charge < -0.3 is 29.0 Å². The average molecular weight is 771 g/mol. The summed E-state index contributed by atoms with van der Waals surface area (Å²) in [7, 11) is 0. The maximum atomic E-state index is 14.7. The molecule has 3 aromatic carbocycles.